The number of aryl methyl sites for hydroxylation is 2. The molecule has 2 rings (SSSR count). The molecule has 0 aliphatic carbocycles. The molecule has 1 aliphatic heterocycles. The predicted octanol–water partition coefficient (Wildman–Crippen LogP) is 2.65. The van der Waals surface area contributed by atoms with Gasteiger partial charge < -0.3 is 29.3 Å². The minimum Gasteiger partial charge on any atom is -1.00 e. The van der Waals surface area contributed by atoms with Crippen molar-refractivity contribution in [3.05, 3.63) is 30.1 Å². The molecule has 0 bridgehead atoms. The van der Waals surface area contributed by atoms with Gasteiger partial charge in [-0.05, 0) is 18.9 Å². The first-order valence-corrected chi connectivity index (χ1v) is 14.3. The van der Waals surface area contributed by atoms with Gasteiger partial charge >= 0.3 is 0 Å². The van der Waals surface area contributed by atoms with Crippen LogP contribution in [0.1, 0.15) is 129 Å². The van der Waals surface area contributed by atoms with E-state index in [1.54, 1.807) is 0 Å². The molecule has 1 aliphatic rings. The quantitative estimate of drug-likeness (QED) is 0.169. The highest BCUT2D eigenvalue weighted by Crippen LogP contribution is 2.14. The highest BCUT2D eigenvalue weighted by molar-refractivity contribution is 5.03. The zero-order chi connectivity index (χ0) is 23.3. The summed E-state index contributed by atoms with van der Waals surface area (Å²) in [4.78, 5) is 0. The van der Waals surface area contributed by atoms with Gasteiger partial charge in [-0.2, -0.15) is 0 Å². The highest BCUT2D eigenvalue weighted by atomic mass is 35.5. The van der Waals surface area contributed by atoms with Gasteiger partial charge in [-0.25, -0.2) is 4.57 Å². The van der Waals surface area contributed by atoms with Crippen LogP contribution in [0.2, 0.25) is 0 Å². The lowest BCUT2D eigenvalue weighted by Crippen LogP contribution is -3.00. The maximum absolute atomic E-state index is 2.32. The Labute approximate surface area is 228 Å². The Balaban J connectivity index is -0.000000880. The van der Waals surface area contributed by atoms with Gasteiger partial charge in [-0.15, -0.1) is 0 Å². The first-order chi connectivity index (χ1) is 15.5. The number of unbranched alkanes of at least 4 members (excludes halogenated alkanes) is 15. The fraction of sp³-hybridized carbons (Fsp3) is 0.833. The Hall–Kier alpha value is -0.310. The fourth-order valence-corrected chi connectivity index (χ4v) is 4.71. The van der Waals surface area contributed by atoms with E-state index in [-0.39, 0.29) is 26.2 Å². The molecule has 4 heteroatoms. The standard InChI is InChI=1S/C24H44N.C6H14N.2ClH.H2/c1-3-4-5-6-7-8-9-10-11-12-13-14-15-16-17-18-21-25-22-19-24(2)20-23-25;1-7(2)5-3-4-6-7;;;/h19-20,22-23H,3-18,21H2,1-2H3;3-6H2,1-2H3;3*1H/q2*+1;;;/p-2. The van der Waals surface area contributed by atoms with Gasteiger partial charge in [0.05, 0.1) is 27.2 Å². The minimum atomic E-state index is 0. The summed E-state index contributed by atoms with van der Waals surface area (Å²) in [6, 6.07) is 4.40. The number of likely N-dealkylation sites (tertiary alicyclic amines) is 1. The molecule has 0 aromatic carbocycles. The molecule has 0 unspecified atom stereocenters. The number of hydrogen-bond acceptors (Lipinski definition) is 0. The number of hydrogen-bond donors (Lipinski definition) is 0. The van der Waals surface area contributed by atoms with Gasteiger partial charge in [-0.3, -0.25) is 0 Å². The van der Waals surface area contributed by atoms with Crippen LogP contribution in [0.3, 0.4) is 0 Å². The van der Waals surface area contributed by atoms with Crippen LogP contribution in [-0.4, -0.2) is 31.7 Å². The van der Waals surface area contributed by atoms with E-state index < -0.39 is 0 Å². The third-order valence-electron chi connectivity index (χ3n) is 7.10. The van der Waals surface area contributed by atoms with E-state index >= 15 is 0 Å². The molecule has 0 amide bonds. The molecule has 204 valence electrons. The van der Waals surface area contributed by atoms with Crippen molar-refractivity contribution >= 4 is 0 Å². The van der Waals surface area contributed by atoms with Crippen molar-refractivity contribution in [3.63, 3.8) is 0 Å². The molecule has 0 spiro atoms. The van der Waals surface area contributed by atoms with E-state index in [2.05, 4.69) is 57.0 Å². The topological polar surface area (TPSA) is 3.88 Å². The zero-order valence-corrected chi connectivity index (χ0v) is 24.8. The lowest BCUT2D eigenvalue weighted by atomic mass is 10.0. The van der Waals surface area contributed by atoms with Crippen molar-refractivity contribution < 1.29 is 35.3 Å². The highest BCUT2D eigenvalue weighted by Gasteiger charge is 2.19. The second-order valence-corrected chi connectivity index (χ2v) is 11.0. The van der Waals surface area contributed by atoms with Crippen molar-refractivity contribution in [1.29, 1.82) is 0 Å². The van der Waals surface area contributed by atoms with Crippen molar-refractivity contribution in [3.8, 4) is 0 Å². The van der Waals surface area contributed by atoms with Crippen LogP contribution in [0, 0.1) is 6.92 Å². The molecule has 0 radical (unpaired) electrons. The SMILES string of the molecule is CCCCCCCCCCCCCCCCCC[n+]1ccc(C)cc1.C[N+]1(C)CCCC1.[Cl-].[Cl-].[HH]. The number of rotatable bonds is 17. The average Bonchev–Trinajstić information content (AvgIpc) is 3.19. The van der Waals surface area contributed by atoms with Gasteiger partial charge in [0.1, 0.15) is 6.54 Å². The minimum absolute atomic E-state index is 0. The van der Waals surface area contributed by atoms with Crippen LogP contribution in [-0.2, 0) is 6.54 Å². The summed E-state index contributed by atoms with van der Waals surface area (Å²) in [7, 11) is 4.60. The largest absolute Gasteiger partial charge is 1.00 e. The first kappa shape index (κ1) is 35.8. The molecule has 0 saturated carbocycles. The lowest BCUT2D eigenvalue weighted by molar-refractivity contribution is -0.877. The van der Waals surface area contributed by atoms with E-state index in [1.165, 1.54) is 145 Å². The van der Waals surface area contributed by atoms with Crippen LogP contribution in [0.25, 0.3) is 0 Å². The van der Waals surface area contributed by atoms with Gasteiger partial charge in [0.2, 0.25) is 0 Å². The predicted molar refractivity (Wildman–Crippen MR) is 144 cm³/mol. The normalized spacial score (nSPS) is 14.0. The van der Waals surface area contributed by atoms with E-state index in [1.807, 2.05) is 0 Å². The molecule has 2 heterocycles. The Kier molecular flexibility index (Phi) is 25.7. The third kappa shape index (κ3) is 22.2. The third-order valence-corrected chi connectivity index (χ3v) is 7.10. The number of nitrogens with zero attached hydrogens (tertiary/aromatic N) is 2. The number of pyridine rings is 1. The maximum atomic E-state index is 2.32. The molecular formula is C30H60Cl2N2. The van der Waals surface area contributed by atoms with Gasteiger partial charge in [0.25, 0.3) is 0 Å². The average molecular weight is 520 g/mol. The van der Waals surface area contributed by atoms with Crippen molar-refractivity contribution in [2.45, 2.75) is 136 Å². The van der Waals surface area contributed by atoms with Crippen LogP contribution in [0.4, 0.5) is 0 Å². The van der Waals surface area contributed by atoms with Gasteiger partial charge in [-0.1, -0.05) is 96.8 Å². The van der Waals surface area contributed by atoms with Crippen LogP contribution in [0.5, 0.6) is 0 Å². The van der Waals surface area contributed by atoms with Gasteiger partial charge in [0, 0.05) is 32.8 Å². The lowest BCUT2D eigenvalue weighted by Gasteiger charge is -2.21. The van der Waals surface area contributed by atoms with Crippen LogP contribution in [0.15, 0.2) is 24.5 Å². The van der Waals surface area contributed by atoms with E-state index in [9.17, 15) is 0 Å². The Morgan fingerprint density at radius 1 is 0.647 bits per heavy atom. The molecule has 0 atom stereocenters. The Morgan fingerprint density at radius 2 is 1.00 bits per heavy atom. The second kappa shape index (κ2) is 24.4. The zero-order valence-electron chi connectivity index (χ0n) is 23.3. The summed E-state index contributed by atoms with van der Waals surface area (Å²) in [5.74, 6) is 0. The first-order valence-electron chi connectivity index (χ1n) is 14.3. The molecule has 34 heavy (non-hydrogen) atoms. The molecule has 2 nitrogen and oxygen atoms in total. The summed E-state index contributed by atoms with van der Waals surface area (Å²) < 4.78 is 3.57. The molecule has 1 aromatic heterocycles. The monoisotopic (exact) mass is 518 g/mol. The number of aromatic nitrogens is 1. The van der Waals surface area contributed by atoms with Crippen LogP contribution < -0.4 is 29.4 Å². The van der Waals surface area contributed by atoms with Gasteiger partial charge in [0.15, 0.2) is 12.4 Å². The van der Waals surface area contributed by atoms with Crippen molar-refractivity contribution in [2.24, 2.45) is 0 Å². The maximum Gasteiger partial charge on any atom is 0.169 e. The van der Waals surface area contributed by atoms with Crippen molar-refractivity contribution in [1.82, 2.24) is 0 Å². The second-order valence-electron chi connectivity index (χ2n) is 11.0. The molecule has 1 saturated heterocycles. The smallest absolute Gasteiger partial charge is 0.169 e. The summed E-state index contributed by atoms with van der Waals surface area (Å²) in [5.41, 5.74) is 1.35. The molecule has 0 N–H and O–H groups in total. The number of quaternary nitrogens is 1. The molecule has 1 aromatic rings. The van der Waals surface area contributed by atoms with Crippen LogP contribution >= 0.6 is 0 Å². The summed E-state index contributed by atoms with van der Waals surface area (Å²) in [5, 5.41) is 0. The summed E-state index contributed by atoms with van der Waals surface area (Å²) in [6.07, 6.45) is 30.3. The Morgan fingerprint density at radius 3 is 1.32 bits per heavy atom. The Bertz CT molecular complexity index is 530. The van der Waals surface area contributed by atoms with E-state index in [0.717, 1.165) is 0 Å². The van der Waals surface area contributed by atoms with Crippen molar-refractivity contribution in [2.75, 3.05) is 27.2 Å². The molecule has 1 fully saturated rings. The summed E-state index contributed by atoms with van der Waals surface area (Å²) >= 11 is 0. The fourth-order valence-electron chi connectivity index (χ4n) is 4.71. The molecular weight excluding hydrogens is 459 g/mol. The summed E-state index contributed by atoms with van der Waals surface area (Å²) in [6.45, 7) is 8.40. The van der Waals surface area contributed by atoms with E-state index in [0.29, 0.717) is 0 Å². The van der Waals surface area contributed by atoms with E-state index in [4.69, 9.17) is 0 Å². The number of halogens is 2.